The molecule has 1 aromatic heterocycles. The Kier molecular flexibility index (Phi) is 5.44. The van der Waals surface area contributed by atoms with E-state index in [1.165, 1.54) is 5.56 Å². The molecule has 0 radical (unpaired) electrons. The minimum Gasteiger partial charge on any atom is -0.399 e. The lowest BCUT2D eigenvalue weighted by Crippen LogP contribution is -2.41. The number of rotatable bonds is 4. The van der Waals surface area contributed by atoms with Gasteiger partial charge >= 0.3 is 7.12 Å². The van der Waals surface area contributed by atoms with Crippen LogP contribution in [0.3, 0.4) is 0 Å². The van der Waals surface area contributed by atoms with Crippen LogP contribution in [0.4, 0.5) is 0 Å². The fourth-order valence-corrected chi connectivity index (χ4v) is 4.11. The van der Waals surface area contributed by atoms with Gasteiger partial charge in [0.25, 0.3) is 0 Å². The number of hydrogen-bond acceptors (Lipinski definition) is 3. The van der Waals surface area contributed by atoms with Gasteiger partial charge in [-0.25, -0.2) is 0 Å². The highest BCUT2D eigenvalue weighted by molar-refractivity contribution is 6.62. The van der Waals surface area contributed by atoms with Crippen LogP contribution in [0.5, 0.6) is 0 Å². The Hall–Kier alpha value is -3.21. The molecule has 3 aromatic carbocycles. The van der Waals surface area contributed by atoms with Gasteiger partial charge in [0.1, 0.15) is 0 Å². The predicted octanol–water partition coefficient (Wildman–Crippen LogP) is 6.38. The Labute approximate surface area is 196 Å². The number of hydrogen-bond donors (Lipinski definition) is 0. The summed E-state index contributed by atoms with van der Waals surface area (Å²) >= 11 is 0. The molecule has 0 unspecified atom stereocenters. The van der Waals surface area contributed by atoms with Crippen molar-refractivity contribution < 1.29 is 9.31 Å². The van der Waals surface area contributed by atoms with Gasteiger partial charge in [0, 0.05) is 11.8 Å². The third kappa shape index (κ3) is 4.24. The minimum atomic E-state index is -0.435. The summed E-state index contributed by atoms with van der Waals surface area (Å²) in [7, 11) is -0.435. The Morgan fingerprint density at radius 1 is 0.576 bits per heavy atom. The first-order valence-corrected chi connectivity index (χ1v) is 11.4. The van der Waals surface area contributed by atoms with Crippen molar-refractivity contribution in [1.29, 1.82) is 0 Å². The van der Waals surface area contributed by atoms with E-state index in [2.05, 4.69) is 107 Å². The molecule has 3 nitrogen and oxygen atoms in total. The zero-order chi connectivity index (χ0) is 23.1. The van der Waals surface area contributed by atoms with Gasteiger partial charge < -0.3 is 9.31 Å². The van der Waals surface area contributed by atoms with Gasteiger partial charge in [-0.05, 0) is 73.6 Å². The molecule has 0 amide bonds. The maximum atomic E-state index is 6.38. The molecule has 1 saturated heterocycles. The van der Waals surface area contributed by atoms with E-state index in [-0.39, 0.29) is 0 Å². The minimum absolute atomic E-state index is 0.397. The molecular formula is C29H28BNO2. The summed E-state index contributed by atoms with van der Waals surface area (Å²) < 4.78 is 12.8. The van der Waals surface area contributed by atoms with Gasteiger partial charge in [0.2, 0.25) is 0 Å². The van der Waals surface area contributed by atoms with Crippen molar-refractivity contribution in [2.24, 2.45) is 0 Å². The maximum Gasteiger partial charge on any atom is 0.494 e. The molecule has 0 spiro atoms. The van der Waals surface area contributed by atoms with Crippen LogP contribution in [0.15, 0.2) is 97.2 Å². The number of benzene rings is 3. The highest BCUT2D eigenvalue weighted by Gasteiger charge is 2.51. The van der Waals surface area contributed by atoms with E-state index in [1.807, 2.05) is 18.3 Å². The van der Waals surface area contributed by atoms with Crippen molar-refractivity contribution in [2.75, 3.05) is 0 Å². The summed E-state index contributed by atoms with van der Waals surface area (Å²) in [5, 5.41) is 0. The third-order valence-corrected chi connectivity index (χ3v) is 6.75. The molecule has 164 valence electrons. The Morgan fingerprint density at radius 2 is 1.12 bits per heavy atom. The van der Waals surface area contributed by atoms with E-state index in [4.69, 9.17) is 14.3 Å². The van der Waals surface area contributed by atoms with Crippen LogP contribution < -0.4 is 5.46 Å². The van der Waals surface area contributed by atoms with Crippen LogP contribution in [0, 0.1) is 0 Å². The fourth-order valence-electron chi connectivity index (χ4n) is 4.11. The Balaban J connectivity index is 1.62. The van der Waals surface area contributed by atoms with E-state index in [1.54, 1.807) is 0 Å². The van der Waals surface area contributed by atoms with E-state index in [0.29, 0.717) is 0 Å². The lowest BCUT2D eigenvalue weighted by Gasteiger charge is -2.32. The van der Waals surface area contributed by atoms with Crippen LogP contribution in [0.2, 0.25) is 0 Å². The summed E-state index contributed by atoms with van der Waals surface area (Å²) in [6.45, 7) is 8.33. The molecule has 5 rings (SSSR count). The predicted molar refractivity (Wildman–Crippen MR) is 136 cm³/mol. The van der Waals surface area contributed by atoms with E-state index < -0.39 is 18.3 Å². The second-order valence-corrected chi connectivity index (χ2v) is 9.59. The van der Waals surface area contributed by atoms with Crippen LogP contribution in [0.1, 0.15) is 27.7 Å². The lowest BCUT2D eigenvalue weighted by atomic mass is 9.76. The van der Waals surface area contributed by atoms with Crippen LogP contribution >= 0.6 is 0 Å². The first kappa shape index (κ1) is 21.6. The van der Waals surface area contributed by atoms with Gasteiger partial charge in [0.15, 0.2) is 0 Å². The van der Waals surface area contributed by atoms with E-state index in [9.17, 15) is 0 Å². The summed E-state index contributed by atoms with van der Waals surface area (Å²) in [5.41, 5.74) is 6.75. The van der Waals surface area contributed by atoms with E-state index in [0.717, 1.165) is 33.4 Å². The SMILES string of the molecule is CC1(C)OB(c2cc(-c3ccccc3)cc(-c3cc(-c4ccccc4)ccn3)c2)OC1(C)C. The van der Waals surface area contributed by atoms with Crippen molar-refractivity contribution in [2.45, 2.75) is 38.9 Å². The van der Waals surface area contributed by atoms with Crippen molar-refractivity contribution in [3.8, 4) is 33.5 Å². The van der Waals surface area contributed by atoms with Crippen LogP contribution in [-0.4, -0.2) is 23.3 Å². The molecule has 1 aliphatic rings. The second-order valence-electron chi connectivity index (χ2n) is 9.59. The van der Waals surface area contributed by atoms with Crippen molar-refractivity contribution >= 4 is 12.6 Å². The van der Waals surface area contributed by atoms with Crippen LogP contribution in [0.25, 0.3) is 33.5 Å². The van der Waals surface area contributed by atoms with E-state index >= 15 is 0 Å². The van der Waals surface area contributed by atoms with Gasteiger partial charge in [-0.3, -0.25) is 4.98 Å². The number of aromatic nitrogens is 1. The molecule has 1 fully saturated rings. The zero-order valence-electron chi connectivity index (χ0n) is 19.6. The second kappa shape index (κ2) is 8.29. The number of pyridine rings is 1. The van der Waals surface area contributed by atoms with Crippen molar-refractivity contribution in [1.82, 2.24) is 4.98 Å². The molecule has 0 bridgehead atoms. The summed E-state index contributed by atoms with van der Waals surface area (Å²) in [6.07, 6.45) is 1.88. The summed E-state index contributed by atoms with van der Waals surface area (Å²) in [6, 6.07) is 31.5. The molecular weight excluding hydrogens is 405 g/mol. The molecule has 0 saturated carbocycles. The average Bonchev–Trinajstić information content (AvgIpc) is 3.07. The molecule has 4 aromatic rings. The van der Waals surface area contributed by atoms with Crippen molar-refractivity contribution in [3.05, 3.63) is 97.2 Å². The van der Waals surface area contributed by atoms with Crippen LogP contribution in [-0.2, 0) is 9.31 Å². The first-order chi connectivity index (χ1) is 15.8. The van der Waals surface area contributed by atoms with Gasteiger partial charge in [-0.2, -0.15) is 0 Å². The molecule has 33 heavy (non-hydrogen) atoms. The Morgan fingerprint density at radius 3 is 1.73 bits per heavy atom. The topological polar surface area (TPSA) is 31.4 Å². The van der Waals surface area contributed by atoms with Crippen molar-refractivity contribution in [3.63, 3.8) is 0 Å². The first-order valence-electron chi connectivity index (χ1n) is 11.4. The molecule has 4 heteroatoms. The van der Waals surface area contributed by atoms with Gasteiger partial charge in [-0.15, -0.1) is 0 Å². The molecule has 0 N–H and O–H groups in total. The highest BCUT2D eigenvalue weighted by Crippen LogP contribution is 2.37. The third-order valence-electron chi connectivity index (χ3n) is 6.75. The molecule has 0 aliphatic carbocycles. The summed E-state index contributed by atoms with van der Waals surface area (Å²) in [4.78, 5) is 4.71. The maximum absolute atomic E-state index is 6.38. The largest absolute Gasteiger partial charge is 0.494 e. The van der Waals surface area contributed by atoms with Gasteiger partial charge in [0.05, 0.1) is 16.9 Å². The molecule has 0 atom stereocenters. The molecule has 1 aliphatic heterocycles. The quantitative estimate of drug-likeness (QED) is 0.350. The Bertz CT molecular complexity index is 1250. The fraction of sp³-hybridized carbons (Fsp3) is 0.207. The monoisotopic (exact) mass is 433 g/mol. The molecule has 2 heterocycles. The zero-order valence-corrected chi connectivity index (χ0v) is 19.6. The standard InChI is InChI=1S/C29H28BNO2/c1-28(2)29(3,4)33-30(32-28)26-18-24(22-13-9-6-10-14-22)17-25(19-26)27-20-23(15-16-31-27)21-11-7-5-8-12-21/h5-20H,1-4H3. The average molecular weight is 433 g/mol. The lowest BCUT2D eigenvalue weighted by molar-refractivity contribution is 0.00578. The number of nitrogens with zero attached hydrogens (tertiary/aromatic N) is 1. The smallest absolute Gasteiger partial charge is 0.399 e. The highest BCUT2D eigenvalue weighted by atomic mass is 16.7. The van der Waals surface area contributed by atoms with Gasteiger partial charge in [-0.1, -0.05) is 72.8 Å². The normalized spacial score (nSPS) is 16.7. The summed E-state index contributed by atoms with van der Waals surface area (Å²) in [5.74, 6) is 0.